The Balaban J connectivity index is 2.46. The molecule has 0 spiro atoms. The van der Waals surface area contributed by atoms with E-state index in [9.17, 15) is 4.39 Å². The first-order valence-electron chi connectivity index (χ1n) is 5.02. The van der Waals surface area contributed by atoms with Crippen LogP contribution in [-0.4, -0.2) is 19.1 Å². The van der Waals surface area contributed by atoms with Crippen LogP contribution in [0.4, 0.5) is 15.8 Å². The Morgan fingerprint density at radius 2 is 2.36 bits per heavy atom. The molecule has 1 N–H and O–H groups in total. The van der Waals surface area contributed by atoms with Gasteiger partial charge in [-0.25, -0.2) is 4.39 Å². The number of likely N-dealkylation sites (N-methyl/N-ethyl adjacent to an activating group) is 1. The third kappa shape index (κ3) is 1.43. The van der Waals surface area contributed by atoms with Gasteiger partial charge in [-0.05, 0) is 26.0 Å². The molecule has 1 unspecified atom stereocenters. The molecule has 1 aromatic rings. The van der Waals surface area contributed by atoms with E-state index in [2.05, 4.69) is 17.1 Å². The first-order chi connectivity index (χ1) is 6.72. The minimum atomic E-state index is -0.135. The molecular formula is C11H15FN2. The molecule has 0 bridgehead atoms. The molecular weight excluding hydrogens is 179 g/mol. The highest BCUT2D eigenvalue weighted by molar-refractivity contribution is 5.73. The summed E-state index contributed by atoms with van der Waals surface area (Å²) in [4.78, 5) is 2.08. The fourth-order valence-corrected chi connectivity index (χ4v) is 1.97. The van der Waals surface area contributed by atoms with Gasteiger partial charge in [0.25, 0.3) is 0 Å². The lowest BCUT2D eigenvalue weighted by molar-refractivity contribution is 0.605. The first-order valence-corrected chi connectivity index (χ1v) is 5.02. The number of fused-ring (bicyclic) bond motifs is 1. The van der Waals surface area contributed by atoms with Gasteiger partial charge in [0.2, 0.25) is 0 Å². The monoisotopic (exact) mass is 194 g/mol. The van der Waals surface area contributed by atoms with Crippen LogP contribution in [0.15, 0.2) is 18.2 Å². The molecule has 1 aromatic carbocycles. The van der Waals surface area contributed by atoms with Crippen LogP contribution in [0.3, 0.4) is 0 Å². The van der Waals surface area contributed by atoms with Crippen molar-refractivity contribution in [2.24, 2.45) is 0 Å². The molecule has 0 aliphatic carbocycles. The summed E-state index contributed by atoms with van der Waals surface area (Å²) in [7, 11) is 0. The Kier molecular flexibility index (Phi) is 2.32. The van der Waals surface area contributed by atoms with E-state index in [1.807, 2.05) is 13.0 Å². The fourth-order valence-electron chi connectivity index (χ4n) is 1.97. The summed E-state index contributed by atoms with van der Waals surface area (Å²) in [5.41, 5.74) is 1.62. The van der Waals surface area contributed by atoms with E-state index in [1.165, 1.54) is 6.07 Å². The van der Waals surface area contributed by atoms with E-state index < -0.39 is 0 Å². The molecule has 1 heterocycles. The molecule has 1 aliphatic heterocycles. The van der Waals surface area contributed by atoms with Crippen LogP contribution in [0.5, 0.6) is 0 Å². The fraction of sp³-hybridized carbons (Fsp3) is 0.455. The van der Waals surface area contributed by atoms with Gasteiger partial charge < -0.3 is 10.2 Å². The molecule has 3 heteroatoms. The van der Waals surface area contributed by atoms with Crippen LogP contribution in [-0.2, 0) is 0 Å². The zero-order valence-corrected chi connectivity index (χ0v) is 8.55. The number of nitrogens with one attached hydrogen (secondary N) is 1. The van der Waals surface area contributed by atoms with E-state index in [0.717, 1.165) is 18.8 Å². The Morgan fingerprint density at radius 1 is 1.57 bits per heavy atom. The summed E-state index contributed by atoms with van der Waals surface area (Å²) < 4.78 is 13.6. The van der Waals surface area contributed by atoms with Crippen molar-refractivity contribution in [1.82, 2.24) is 0 Å². The summed E-state index contributed by atoms with van der Waals surface area (Å²) in [5, 5.41) is 3.28. The van der Waals surface area contributed by atoms with Crippen LogP contribution >= 0.6 is 0 Å². The zero-order chi connectivity index (χ0) is 10.1. The van der Waals surface area contributed by atoms with Crippen molar-refractivity contribution in [3.63, 3.8) is 0 Å². The van der Waals surface area contributed by atoms with Crippen molar-refractivity contribution in [3.05, 3.63) is 24.0 Å². The number of nitrogens with zero attached hydrogens (tertiary/aromatic N) is 1. The molecule has 0 fully saturated rings. The number of anilines is 2. The Labute approximate surface area is 83.7 Å². The number of benzene rings is 1. The number of hydrogen-bond donors (Lipinski definition) is 1. The van der Waals surface area contributed by atoms with Gasteiger partial charge in [-0.2, -0.15) is 0 Å². The number of hydrogen-bond acceptors (Lipinski definition) is 2. The van der Waals surface area contributed by atoms with Crippen LogP contribution in [0.1, 0.15) is 13.8 Å². The SMILES string of the molecule is CCN1CC(C)Nc2cccc(F)c21. The highest BCUT2D eigenvalue weighted by atomic mass is 19.1. The number of rotatable bonds is 1. The number of halogens is 1. The van der Waals surface area contributed by atoms with Crippen LogP contribution < -0.4 is 10.2 Å². The first kappa shape index (κ1) is 9.31. The molecule has 2 nitrogen and oxygen atoms in total. The average Bonchev–Trinajstić information content (AvgIpc) is 2.16. The maximum Gasteiger partial charge on any atom is 0.148 e. The minimum Gasteiger partial charge on any atom is -0.379 e. The van der Waals surface area contributed by atoms with Gasteiger partial charge >= 0.3 is 0 Å². The second kappa shape index (κ2) is 3.48. The second-order valence-electron chi connectivity index (χ2n) is 3.72. The molecule has 2 rings (SSSR count). The van der Waals surface area contributed by atoms with Gasteiger partial charge in [-0.1, -0.05) is 6.07 Å². The molecule has 1 aliphatic rings. The molecule has 0 amide bonds. The van der Waals surface area contributed by atoms with Crippen molar-refractivity contribution >= 4 is 11.4 Å². The van der Waals surface area contributed by atoms with Gasteiger partial charge in [0.05, 0.1) is 11.4 Å². The lowest BCUT2D eigenvalue weighted by atomic mass is 10.1. The van der Waals surface area contributed by atoms with Crippen molar-refractivity contribution in [2.75, 3.05) is 23.3 Å². The van der Waals surface area contributed by atoms with Gasteiger partial charge in [0, 0.05) is 19.1 Å². The van der Waals surface area contributed by atoms with Gasteiger partial charge in [0.1, 0.15) is 5.82 Å². The highest BCUT2D eigenvalue weighted by Gasteiger charge is 2.22. The predicted molar refractivity (Wildman–Crippen MR) is 57.4 cm³/mol. The average molecular weight is 194 g/mol. The van der Waals surface area contributed by atoms with Crippen molar-refractivity contribution in [2.45, 2.75) is 19.9 Å². The molecule has 1 atom stereocenters. The maximum atomic E-state index is 13.6. The third-order valence-electron chi connectivity index (χ3n) is 2.58. The molecule has 0 radical (unpaired) electrons. The smallest absolute Gasteiger partial charge is 0.148 e. The van der Waals surface area contributed by atoms with Crippen LogP contribution in [0.2, 0.25) is 0 Å². The summed E-state index contributed by atoms with van der Waals surface area (Å²) in [6, 6.07) is 5.56. The van der Waals surface area contributed by atoms with E-state index >= 15 is 0 Å². The largest absolute Gasteiger partial charge is 0.379 e. The predicted octanol–water partition coefficient (Wildman–Crippen LogP) is 2.47. The highest BCUT2D eigenvalue weighted by Crippen LogP contribution is 2.32. The molecule has 14 heavy (non-hydrogen) atoms. The van der Waals surface area contributed by atoms with E-state index in [0.29, 0.717) is 11.7 Å². The van der Waals surface area contributed by atoms with Gasteiger partial charge in [-0.3, -0.25) is 0 Å². The number of para-hydroxylation sites is 1. The Hall–Kier alpha value is -1.25. The lowest BCUT2D eigenvalue weighted by Gasteiger charge is -2.35. The molecule has 76 valence electrons. The normalized spacial score (nSPS) is 20.2. The van der Waals surface area contributed by atoms with Crippen molar-refractivity contribution in [1.29, 1.82) is 0 Å². The topological polar surface area (TPSA) is 15.3 Å². The minimum absolute atomic E-state index is 0.135. The van der Waals surface area contributed by atoms with Crippen molar-refractivity contribution < 1.29 is 4.39 Å². The molecule has 0 saturated heterocycles. The van der Waals surface area contributed by atoms with E-state index in [1.54, 1.807) is 6.07 Å². The lowest BCUT2D eigenvalue weighted by Crippen LogP contribution is -2.40. The quantitative estimate of drug-likeness (QED) is 0.738. The van der Waals surface area contributed by atoms with Crippen molar-refractivity contribution in [3.8, 4) is 0 Å². The van der Waals surface area contributed by atoms with Gasteiger partial charge in [-0.15, -0.1) is 0 Å². The zero-order valence-electron chi connectivity index (χ0n) is 8.55. The van der Waals surface area contributed by atoms with Gasteiger partial charge in [0.15, 0.2) is 0 Å². The van der Waals surface area contributed by atoms with Crippen LogP contribution in [0.25, 0.3) is 0 Å². The summed E-state index contributed by atoms with van der Waals surface area (Å²) >= 11 is 0. The Bertz CT molecular complexity index is 338. The summed E-state index contributed by atoms with van der Waals surface area (Å²) in [5.74, 6) is -0.135. The molecule has 0 aromatic heterocycles. The summed E-state index contributed by atoms with van der Waals surface area (Å²) in [6.07, 6.45) is 0. The standard InChI is InChI=1S/C11H15FN2/c1-3-14-7-8(2)13-10-6-4-5-9(12)11(10)14/h4-6,8,13H,3,7H2,1-2H3. The Morgan fingerprint density at radius 3 is 3.07 bits per heavy atom. The third-order valence-corrected chi connectivity index (χ3v) is 2.58. The van der Waals surface area contributed by atoms with E-state index in [4.69, 9.17) is 0 Å². The second-order valence-corrected chi connectivity index (χ2v) is 3.72. The summed E-state index contributed by atoms with van der Waals surface area (Å²) in [6.45, 7) is 5.87. The molecule has 0 saturated carbocycles. The maximum absolute atomic E-state index is 13.6. The van der Waals surface area contributed by atoms with Crippen LogP contribution in [0, 0.1) is 5.82 Å². The van der Waals surface area contributed by atoms with E-state index in [-0.39, 0.29) is 5.82 Å².